The van der Waals surface area contributed by atoms with Gasteiger partial charge in [0.1, 0.15) is 0 Å². The maximum atomic E-state index is 13.1. The number of nitrogens with one attached hydrogen (secondary N) is 2. The predicted molar refractivity (Wildman–Crippen MR) is 87.1 cm³/mol. The number of hydrogen-bond acceptors (Lipinski definition) is 2. The molecule has 2 aliphatic heterocycles. The molecule has 0 unspecified atom stereocenters. The van der Waals surface area contributed by atoms with Gasteiger partial charge in [-0.1, -0.05) is 12.2 Å². The molecule has 0 aromatic heterocycles. The first-order chi connectivity index (χ1) is 10.4. The largest absolute Gasteiger partial charge is 0.333 e. The van der Waals surface area contributed by atoms with Crippen LogP contribution in [-0.2, 0) is 4.79 Å². The van der Waals surface area contributed by atoms with Gasteiger partial charge in [-0.05, 0) is 39.5 Å². The second-order valence-corrected chi connectivity index (χ2v) is 6.13. The Balaban J connectivity index is 2.34. The van der Waals surface area contributed by atoms with E-state index < -0.39 is 0 Å². The van der Waals surface area contributed by atoms with Gasteiger partial charge in [-0.2, -0.15) is 0 Å². The molecule has 0 spiro atoms. The van der Waals surface area contributed by atoms with Crippen LogP contribution in [0.4, 0.5) is 4.79 Å². The van der Waals surface area contributed by atoms with E-state index in [4.69, 9.17) is 0 Å². The van der Waals surface area contributed by atoms with Gasteiger partial charge in [0.05, 0.1) is 17.2 Å². The fourth-order valence-corrected chi connectivity index (χ4v) is 3.66. The molecule has 0 saturated carbocycles. The van der Waals surface area contributed by atoms with Crippen molar-refractivity contribution in [2.24, 2.45) is 0 Å². The number of allylic oxidation sites excluding steroid dienone is 1. The van der Waals surface area contributed by atoms with Crippen molar-refractivity contribution in [2.75, 3.05) is 6.54 Å². The van der Waals surface area contributed by atoms with Crippen molar-refractivity contribution in [2.45, 2.75) is 51.1 Å². The average molecular weight is 303 g/mol. The zero-order valence-corrected chi connectivity index (χ0v) is 13.4. The summed E-state index contributed by atoms with van der Waals surface area (Å²) in [5.74, 6) is -0.00120. The van der Waals surface area contributed by atoms with Gasteiger partial charge in [0.2, 0.25) is 0 Å². The topological polar surface area (TPSA) is 61.4 Å². The van der Waals surface area contributed by atoms with Gasteiger partial charge in [0.15, 0.2) is 0 Å². The number of urea groups is 1. The van der Waals surface area contributed by atoms with E-state index in [-0.39, 0.29) is 23.5 Å². The second kappa shape index (κ2) is 6.38. The van der Waals surface area contributed by atoms with E-state index in [2.05, 4.69) is 23.8 Å². The molecule has 5 nitrogen and oxygen atoms in total. The Bertz CT molecular complexity index is 526. The normalized spacial score (nSPS) is 23.8. The molecule has 2 aliphatic rings. The maximum absolute atomic E-state index is 13.1. The van der Waals surface area contributed by atoms with E-state index in [0.717, 1.165) is 32.2 Å². The Hall–Kier alpha value is -2.04. The minimum absolute atomic E-state index is 0.00120. The highest BCUT2D eigenvalue weighted by molar-refractivity contribution is 5.98. The van der Waals surface area contributed by atoms with Crippen molar-refractivity contribution in [1.82, 2.24) is 15.5 Å². The molecule has 0 aliphatic carbocycles. The first-order valence-corrected chi connectivity index (χ1v) is 7.77. The molecule has 2 heterocycles. The molecule has 0 radical (unpaired) electrons. The highest BCUT2D eigenvalue weighted by Gasteiger charge is 2.44. The Kier molecular flexibility index (Phi) is 4.74. The Morgan fingerprint density at radius 1 is 1.41 bits per heavy atom. The SMILES string of the molecule is C=CCC1(CC=C)CCCN1C(=O)C1=C(C)NC(=O)N[C@@H]1C. The Morgan fingerprint density at radius 3 is 2.59 bits per heavy atom. The zero-order chi connectivity index (χ0) is 16.3. The minimum Gasteiger partial charge on any atom is -0.333 e. The lowest BCUT2D eigenvalue weighted by molar-refractivity contribution is -0.131. The number of rotatable bonds is 5. The van der Waals surface area contributed by atoms with Crippen molar-refractivity contribution in [3.8, 4) is 0 Å². The van der Waals surface area contributed by atoms with E-state index in [1.165, 1.54) is 0 Å². The highest BCUT2D eigenvalue weighted by atomic mass is 16.2. The molecule has 0 aromatic carbocycles. The predicted octanol–water partition coefficient (Wildman–Crippen LogP) is 2.48. The van der Waals surface area contributed by atoms with Crippen LogP contribution in [0.2, 0.25) is 0 Å². The van der Waals surface area contributed by atoms with Crippen LogP contribution >= 0.6 is 0 Å². The van der Waals surface area contributed by atoms with Gasteiger partial charge in [-0.15, -0.1) is 13.2 Å². The summed E-state index contributed by atoms with van der Waals surface area (Å²) in [6, 6.07) is -0.543. The number of amides is 3. The third-order valence-corrected chi connectivity index (χ3v) is 4.61. The fraction of sp³-hybridized carbons (Fsp3) is 0.529. The molecule has 0 bridgehead atoms. The summed E-state index contributed by atoms with van der Waals surface area (Å²) in [6.45, 7) is 12.0. The van der Waals surface area contributed by atoms with E-state index in [1.54, 1.807) is 6.92 Å². The summed E-state index contributed by atoms with van der Waals surface area (Å²) < 4.78 is 0. The molecule has 2 N–H and O–H groups in total. The van der Waals surface area contributed by atoms with Crippen molar-refractivity contribution >= 4 is 11.9 Å². The molecule has 1 saturated heterocycles. The minimum atomic E-state index is -0.285. The van der Waals surface area contributed by atoms with Gasteiger partial charge >= 0.3 is 6.03 Å². The quantitative estimate of drug-likeness (QED) is 0.767. The summed E-state index contributed by atoms with van der Waals surface area (Å²) in [7, 11) is 0. The second-order valence-electron chi connectivity index (χ2n) is 6.13. The molecular formula is C17H25N3O2. The number of carbonyl (C=O) groups is 2. The molecule has 1 atom stereocenters. The van der Waals surface area contributed by atoms with Crippen LogP contribution in [0.1, 0.15) is 39.5 Å². The number of likely N-dealkylation sites (tertiary alicyclic amines) is 1. The van der Waals surface area contributed by atoms with Gasteiger partial charge in [-0.3, -0.25) is 4.79 Å². The van der Waals surface area contributed by atoms with Crippen LogP contribution < -0.4 is 10.6 Å². The maximum Gasteiger partial charge on any atom is 0.319 e. The lowest BCUT2D eigenvalue weighted by atomic mass is 9.87. The molecule has 22 heavy (non-hydrogen) atoms. The van der Waals surface area contributed by atoms with E-state index in [1.807, 2.05) is 24.0 Å². The van der Waals surface area contributed by atoms with E-state index in [0.29, 0.717) is 11.3 Å². The van der Waals surface area contributed by atoms with Crippen molar-refractivity contribution < 1.29 is 9.59 Å². The van der Waals surface area contributed by atoms with Crippen LogP contribution in [0.15, 0.2) is 36.6 Å². The summed E-state index contributed by atoms with van der Waals surface area (Å²) in [5.41, 5.74) is 1.05. The summed E-state index contributed by atoms with van der Waals surface area (Å²) in [4.78, 5) is 26.5. The zero-order valence-electron chi connectivity index (χ0n) is 13.4. The van der Waals surface area contributed by atoms with Crippen molar-refractivity contribution in [1.29, 1.82) is 0 Å². The van der Waals surface area contributed by atoms with E-state index >= 15 is 0 Å². The fourth-order valence-electron chi connectivity index (χ4n) is 3.66. The monoisotopic (exact) mass is 303 g/mol. The van der Waals surface area contributed by atoms with Crippen molar-refractivity contribution in [3.05, 3.63) is 36.6 Å². The molecule has 3 amide bonds. The number of hydrogen-bond donors (Lipinski definition) is 2. The first kappa shape index (κ1) is 16.3. The third kappa shape index (κ3) is 2.80. The van der Waals surface area contributed by atoms with Crippen LogP contribution in [0.3, 0.4) is 0 Å². The smallest absolute Gasteiger partial charge is 0.319 e. The van der Waals surface area contributed by atoms with Crippen LogP contribution in [0, 0.1) is 0 Å². The highest BCUT2D eigenvalue weighted by Crippen LogP contribution is 2.38. The third-order valence-electron chi connectivity index (χ3n) is 4.61. The molecule has 120 valence electrons. The Labute approximate surface area is 132 Å². The Morgan fingerprint density at radius 2 is 2.05 bits per heavy atom. The van der Waals surface area contributed by atoms with Crippen LogP contribution in [0.25, 0.3) is 0 Å². The molecule has 5 heteroatoms. The summed E-state index contributed by atoms with van der Waals surface area (Å²) in [5, 5.41) is 5.46. The lowest BCUT2D eigenvalue weighted by Crippen LogP contribution is -2.54. The summed E-state index contributed by atoms with van der Waals surface area (Å²) in [6.07, 6.45) is 7.20. The first-order valence-electron chi connectivity index (χ1n) is 7.77. The molecular weight excluding hydrogens is 278 g/mol. The number of carbonyl (C=O) groups excluding carboxylic acids is 2. The van der Waals surface area contributed by atoms with Gasteiger partial charge in [0, 0.05) is 12.2 Å². The van der Waals surface area contributed by atoms with Gasteiger partial charge < -0.3 is 15.5 Å². The standard InChI is InChI=1S/C17H25N3O2/c1-5-8-17(9-6-2)10-7-11-20(17)15(21)14-12(3)18-16(22)19-13(14)4/h5-6,12H,1-2,7-11H2,3-4H3,(H2,18,19,22)/t12-/m1/s1. The summed E-state index contributed by atoms with van der Waals surface area (Å²) >= 11 is 0. The van der Waals surface area contributed by atoms with E-state index in [9.17, 15) is 9.59 Å². The van der Waals surface area contributed by atoms with Gasteiger partial charge in [-0.25, -0.2) is 4.79 Å². The van der Waals surface area contributed by atoms with Gasteiger partial charge in [0.25, 0.3) is 5.91 Å². The van der Waals surface area contributed by atoms with Crippen molar-refractivity contribution in [3.63, 3.8) is 0 Å². The molecule has 2 rings (SSSR count). The number of nitrogens with zero attached hydrogens (tertiary/aromatic N) is 1. The van der Waals surface area contributed by atoms with Crippen LogP contribution in [-0.4, -0.2) is 35.0 Å². The molecule has 0 aromatic rings. The molecule has 1 fully saturated rings. The lowest BCUT2D eigenvalue weighted by Gasteiger charge is -2.39. The average Bonchev–Trinajstić information content (AvgIpc) is 2.81. The van der Waals surface area contributed by atoms with Crippen LogP contribution in [0.5, 0.6) is 0 Å².